The lowest BCUT2D eigenvalue weighted by atomic mass is 10.3. The second kappa shape index (κ2) is 5.87. The van der Waals surface area contributed by atoms with Gasteiger partial charge in [-0.05, 0) is 39.9 Å². The molecule has 0 aliphatic carbocycles. The van der Waals surface area contributed by atoms with Gasteiger partial charge in [-0.2, -0.15) is 9.40 Å². The number of carbonyl (C=O) groups is 1. The van der Waals surface area contributed by atoms with Crippen LogP contribution in [0.15, 0.2) is 20.3 Å². The first-order chi connectivity index (χ1) is 9.73. The summed E-state index contributed by atoms with van der Waals surface area (Å²) in [7, 11) is -2.60. The number of aromatic nitrogens is 2. The molecule has 7 nitrogen and oxygen atoms in total. The number of H-pyrrole nitrogens is 1. The Kier molecular flexibility index (Phi) is 4.51. The van der Waals surface area contributed by atoms with E-state index in [0.717, 1.165) is 13.7 Å². The first kappa shape index (κ1) is 16.1. The van der Waals surface area contributed by atoms with E-state index in [-0.39, 0.29) is 17.8 Å². The van der Waals surface area contributed by atoms with Crippen molar-refractivity contribution in [2.24, 2.45) is 0 Å². The molecule has 0 saturated heterocycles. The summed E-state index contributed by atoms with van der Waals surface area (Å²) in [5.74, 6) is -1.33. The number of carboxylic acid groups (broad SMARTS) is 1. The van der Waals surface area contributed by atoms with Crippen molar-refractivity contribution in [3.05, 3.63) is 32.1 Å². The molecule has 0 bridgehead atoms. The normalized spacial score (nSPS) is 12.0. The van der Waals surface area contributed by atoms with Crippen LogP contribution in [0.4, 0.5) is 0 Å². The minimum Gasteiger partial charge on any atom is -0.478 e. The van der Waals surface area contributed by atoms with Crippen LogP contribution in [0.2, 0.25) is 0 Å². The van der Waals surface area contributed by atoms with Crippen LogP contribution in [0.1, 0.15) is 21.6 Å². The van der Waals surface area contributed by atoms with Crippen molar-refractivity contribution >= 4 is 43.3 Å². The summed E-state index contributed by atoms with van der Waals surface area (Å²) in [5, 5.41) is 16.5. The van der Waals surface area contributed by atoms with Crippen molar-refractivity contribution in [3.8, 4) is 0 Å². The maximum Gasteiger partial charge on any atom is 0.340 e. The van der Waals surface area contributed by atoms with Crippen LogP contribution in [-0.2, 0) is 16.6 Å². The zero-order valence-electron chi connectivity index (χ0n) is 11.1. The van der Waals surface area contributed by atoms with Crippen LogP contribution in [0, 0.1) is 6.92 Å². The highest BCUT2D eigenvalue weighted by molar-refractivity contribution is 9.11. The number of halogens is 1. The van der Waals surface area contributed by atoms with Crippen LogP contribution in [0.3, 0.4) is 0 Å². The molecule has 0 spiro atoms. The van der Waals surface area contributed by atoms with Crippen molar-refractivity contribution in [1.29, 1.82) is 0 Å². The zero-order chi connectivity index (χ0) is 15.8. The standard InChI is InChI=1S/C11H12BrN3O4S2/c1-6-9(11(16)17)10(14-13-6)21(18,19)15(2)4-7-3-8(12)20-5-7/h3,5H,4H2,1-2H3,(H,13,14)(H,16,17). The van der Waals surface area contributed by atoms with Gasteiger partial charge in [0.15, 0.2) is 0 Å². The molecule has 2 aromatic rings. The number of carboxylic acids is 1. The van der Waals surface area contributed by atoms with Crippen molar-refractivity contribution < 1.29 is 18.3 Å². The lowest BCUT2D eigenvalue weighted by Crippen LogP contribution is -2.28. The number of hydrogen-bond acceptors (Lipinski definition) is 5. The molecule has 0 unspecified atom stereocenters. The van der Waals surface area contributed by atoms with Crippen molar-refractivity contribution in [2.75, 3.05) is 7.05 Å². The van der Waals surface area contributed by atoms with Gasteiger partial charge in [0.2, 0.25) is 5.03 Å². The molecular formula is C11H12BrN3O4S2. The number of nitrogens with zero attached hydrogens (tertiary/aromatic N) is 2. The third kappa shape index (κ3) is 3.18. The number of thiophene rings is 1. The topological polar surface area (TPSA) is 103 Å². The molecule has 114 valence electrons. The van der Waals surface area contributed by atoms with Crippen LogP contribution < -0.4 is 0 Å². The van der Waals surface area contributed by atoms with E-state index in [9.17, 15) is 13.2 Å². The Morgan fingerprint density at radius 3 is 2.76 bits per heavy atom. The zero-order valence-corrected chi connectivity index (χ0v) is 14.3. The number of sulfonamides is 1. The molecule has 2 N–H and O–H groups in total. The van der Waals surface area contributed by atoms with Gasteiger partial charge < -0.3 is 5.11 Å². The lowest BCUT2D eigenvalue weighted by molar-refractivity contribution is 0.0691. The van der Waals surface area contributed by atoms with E-state index >= 15 is 0 Å². The van der Waals surface area contributed by atoms with Gasteiger partial charge in [0, 0.05) is 19.3 Å². The molecule has 2 rings (SSSR count). The van der Waals surface area contributed by atoms with E-state index in [1.54, 1.807) is 0 Å². The summed E-state index contributed by atoms with van der Waals surface area (Å²) in [5.41, 5.74) is 0.684. The first-order valence-corrected chi connectivity index (χ1v) is 8.82. The van der Waals surface area contributed by atoms with Crippen LogP contribution in [-0.4, -0.2) is 41.0 Å². The predicted octanol–water partition coefficient (Wildman–Crippen LogP) is 2.06. The summed E-state index contributed by atoms with van der Waals surface area (Å²) in [4.78, 5) is 11.2. The molecular weight excluding hydrogens is 382 g/mol. The SMILES string of the molecule is Cc1[nH]nc(S(=O)(=O)N(C)Cc2csc(Br)c2)c1C(=O)O. The lowest BCUT2D eigenvalue weighted by Gasteiger charge is -2.15. The number of aromatic amines is 1. The maximum absolute atomic E-state index is 12.5. The van der Waals surface area contributed by atoms with E-state index in [0.29, 0.717) is 0 Å². The number of nitrogens with one attached hydrogen (secondary N) is 1. The quantitative estimate of drug-likeness (QED) is 0.808. The Bertz CT molecular complexity index is 781. The van der Waals surface area contributed by atoms with Gasteiger partial charge in [-0.25, -0.2) is 13.2 Å². The molecule has 10 heteroatoms. The molecule has 0 saturated carbocycles. The summed E-state index contributed by atoms with van der Waals surface area (Å²) < 4.78 is 26.9. The number of aromatic carboxylic acids is 1. The summed E-state index contributed by atoms with van der Waals surface area (Å²) >= 11 is 4.75. The minimum absolute atomic E-state index is 0.134. The van der Waals surface area contributed by atoms with Crippen molar-refractivity contribution in [1.82, 2.24) is 14.5 Å². The van der Waals surface area contributed by atoms with E-state index in [2.05, 4.69) is 26.1 Å². The van der Waals surface area contributed by atoms with Crippen molar-refractivity contribution in [3.63, 3.8) is 0 Å². The Hall–Kier alpha value is -1.23. The van der Waals surface area contributed by atoms with Gasteiger partial charge >= 0.3 is 5.97 Å². The van der Waals surface area contributed by atoms with Crippen LogP contribution >= 0.6 is 27.3 Å². The second-order valence-corrected chi connectivity index (χ2v) is 8.60. The average Bonchev–Trinajstić information content (AvgIpc) is 2.95. The molecule has 0 fully saturated rings. The molecule has 0 atom stereocenters. The number of hydrogen-bond donors (Lipinski definition) is 2. The molecule has 0 aliphatic rings. The van der Waals surface area contributed by atoms with Crippen LogP contribution in [0.25, 0.3) is 0 Å². The Balaban J connectivity index is 2.35. The largest absolute Gasteiger partial charge is 0.478 e. The average molecular weight is 394 g/mol. The van der Waals surface area contributed by atoms with Gasteiger partial charge in [-0.3, -0.25) is 5.10 Å². The van der Waals surface area contributed by atoms with Gasteiger partial charge in [0.05, 0.1) is 3.79 Å². The van der Waals surface area contributed by atoms with Crippen LogP contribution in [0.5, 0.6) is 0 Å². The van der Waals surface area contributed by atoms with Gasteiger partial charge in [0.1, 0.15) is 5.56 Å². The third-order valence-electron chi connectivity index (χ3n) is 2.81. The molecule has 21 heavy (non-hydrogen) atoms. The first-order valence-electron chi connectivity index (χ1n) is 5.71. The Morgan fingerprint density at radius 1 is 1.57 bits per heavy atom. The summed E-state index contributed by atoms with van der Waals surface area (Å²) in [6.07, 6.45) is 0. The Morgan fingerprint density at radius 2 is 2.24 bits per heavy atom. The van der Waals surface area contributed by atoms with E-state index in [1.807, 2.05) is 11.4 Å². The smallest absolute Gasteiger partial charge is 0.340 e. The highest BCUT2D eigenvalue weighted by Crippen LogP contribution is 2.24. The number of rotatable bonds is 5. The van der Waals surface area contributed by atoms with Crippen molar-refractivity contribution in [2.45, 2.75) is 18.5 Å². The third-order valence-corrected chi connectivity index (χ3v) is 6.10. The fourth-order valence-corrected chi connectivity index (χ4v) is 4.24. The van der Waals surface area contributed by atoms with Gasteiger partial charge in [-0.15, -0.1) is 11.3 Å². The number of aryl methyl sites for hydroxylation is 1. The summed E-state index contributed by atoms with van der Waals surface area (Å²) in [6.45, 7) is 1.60. The van der Waals surface area contributed by atoms with Gasteiger partial charge in [0.25, 0.3) is 10.0 Å². The highest BCUT2D eigenvalue weighted by atomic mass is 79.9. The molecule has 0 aromatic carbocycles. The fourth-order valence-electron chi connectivity index (χ4n) is 1.76. The second-order valence-electron chi connectivity index (χ2n) is 4.35. The highest BCUT2D eigenvalue weighted by Gasteiger charge is 2.31. The fraction of sp³-hybridized carbons (Fsp3) is 0.273. The molecule has 2 heterocycles. The maximum atomic E-state index is 12.5. The molecule has 2 aromatic heterocycles. The van der Waals surface area contributed by atoms with E-state index < -0.39 is 21.0 Å². The molecule has 0 radical (unpaired) electrons. The molecule has 0 aliphatic heterocycles. The minimum atomic E-state index is -3.98. The van der Waals surface area contributed by atoms with E-state index in [4.69, 9.17) is 5.11 Å². The van der Waals surface area contributed by atoms with Gasteiger partial charge in [-0.1, -0.05) is 0 Å². The molecule has 0 amide bonds. The monoisotopic (exact) mass is 393 g/mol. The summed E-state index contributed by atoms with van der Waals surface area (Å²) in [6, 6.07) is 1.81. The predicted molar refractivity (Wildman–Crippen MR) is 81.0 cm³/mol. The Labute approximate surface area is 133 Å². The van der Waals surface area contributed by atoms with E-state index in [1.165, 1.54) is 25.3 Å².